The summed E-state index contributed by atoms with van der Waals surface area (Å²) in [5, 5.41) is 6.80. The summed E-state index contributed by atoms with van der Waals surface area (Å²) in [5.41, 5.74) is 1.13. The SMILES string of the molecule is CNc1ncccc1S(=O)(=O)NC(C)Cc1ccsc1. The standard InChI is InChI=1S/C13H17N3O2S2/c1-10(8-11-5-7-19-9-11)16-20(17,18)12-4-3-6-15-13(12)14-2/h3-7,9-10,16H,8H2,1-2H3,(H,14,15). The smallest absolute Gasteiger partial charge is 0.244 e. The summed E-state index contributed by atoms with van der Waals surface area (Å²) in [6, 6.07) is 4.97. The van der Waals surface area contributed by atoms with Crippen molar-refractivity contribution in [1.29, 1.82) is 0 Å². The molecule has 0 aromatic carbocycles. The first-order valence-corrected chi connectivity index (χ1v) is 8.61. The molecule has 0 bridgehead atoms. The highest BCUT2D eigenvalue weighted by molar-refractivity contribution is 7.89. The summed E-state index contributed by atoms with van der Waals surface area (Å²) in [7, 11) is -1.93. The number of sulfonamides is 1. The van der Waals surface area contributed by atoms with E-state index in [1.165, 1.54) is 0 Å². The molecule has 2 aromatic heterocycles. The molecule has 1 atom stereocenters. The van der Waals surface area contributed by atoms with Crippen LogP contribution in [0, 0.1) is 0 Å². The minimum Gasteiger partial charge on any atom is -0.372 e. The quantitative estimate of drug-likeness (QED) is 0.857. The molecule has 0 amide bonds. The van der Waals surface area contributed by atoms with Gasteiger partial charge in [0.25, 0.3) is 0 Å². The molecule has 0 aliphatic rings. The molecule has 0 aliphatic heterocycles. The molecule has 0 aliphatic carbocycles. The van der Waals surface area contributed by atoms with Gasteiger partial charge in [-0.2, -0.15) is 11.3 Å². The predicted octanol–water partition coefficient (Wildman–Crippen LogP) is 2.09. The number of aromatic nitrogens is 1. The number of pyridine rings is 1. The number of hydrogen-bond acceptors (Lipinski definition) is 5. The van der Waals surface area contributed by atoms with Gasteiger partial charge < -0.3 is 5.32 Å². The Morgan fingerprint density at radius 3 is 2.85 bits per heavy atom. The van der Waals surface area contributed by atoms with Gasteiger partial charge in [0.05, 0.1) is 0 Å². The topological polar surface area (TPSA) is 71.1 Å². The fourth-order valence-corrected chi connectivity index (χ4v) is 4.02. The molecule has 0 saturated carbocycles. The molecule has 0 fully saturated rings. The lowest BCUT2D eigenvalue weighted by atomic mass is 10.1. The van der Waals surface area contributed by atoms with Crippen molar-refractivity contribution in [3.63, 3.8) is 0 Å². The molecule has 0 saturated heterocycles. The van der Waals surface area contributed by atoms with E-state index in [0.29, 0.717) is 12.2 Å². The maximum atomic E-state index is 12.4. The van der Waals surface area contributed by atoms with Gasteiger partial charge in [0, 0.05) is 19.3 Å². The Morgan fingerprint density at radius 1 is 1.40 bits per heavy atom. The Morgan fingerprint density at radius 2 is 2.20 bits per heavy atom. The molecule has 2 aromatic rings. The van der Waals surface area contributed by atoms with Crippen molar-refractivity contribution >= 4 is 27.2 Å². The lowest BCUT2D eigenvalue weighted by molar-refractivity contribution is 0.560. The normalized spacial score (nSPS) is 13.1. The summed E-state index contributed by atoms with van der Waals surface area (Å²) in [5.74, 6) is 0.350. The fourth-order valence-electron chi connectivity index (χ4n) is 1.93. The third-order valence-corrected chi connectivity index (χ3v) is 5.13. The van der Waals surface area contributed by atoms with Crippen molar-refractivity contribution in [3.05, 3.63) is 40.7 Å². The number of hydrogen-bond donors (Lipinski definition) is 2. The Balaban J connectivity index is 2.14. The number of nitrogens with zero attached hydrogens (tertiary/aromatic N) is 1. The molecular formula is C13H17N3O2S2. The number of anilines is 1. The van der Waals surface area contributed by atoms with E-state index in [1.807, 2.05) is 23.8 Å². The number of thiophene rings is 1. The van der Waals surface area contributed by atoms with E-state index in [1.54, 1.807) is 36.7 Å². The summed E-state index contributed by atoms with van der Waals surface area (Å²) < 4.78 is 27.4. The maximum Gasteiger partial charge on any atom is 0.244 e. The monoisotopic (exact) mass is 311 g/mol. The first-order chi connectivity index (χ1) is 9.53. The summed E-state index contributed by atoms with van der Waals surface area (Å²) >= 11 is 1.60. The summed E-state index contributed by atoms with van der Waals surface area (Å²) in [6.07, 6.45) is 2.22. The van der Waals surface area contributed by atoms with E-state index >= 15 is 0 Å². The molecule has 2 rings (SSSR count). The third-order valence-electron chi connectivity index (χ3n) is 2.78. The molecule has 2 heterocycles. The minimum atomic E-state index is -3.58. The first kappa shape index (κ1) is 15.0. The van der Waals surface area contributed by atoms with Gasteiger partial charge in [0.1, 0.15) is 10.7 Å². The average Bonchev–Trinajstić information content (AvgIpc) is 2.90. The molecular weight excluding hydrogens is 294 g/mol. The third kappa shape index (κ3) is 3.56. The lowest BCUT2D eigenvalue weighted by Gasteiger charge is -2.15. The minimum absolute atomic E-state index is 0.166. The van der Waals surface area contributed by atoms with Crippen molar-refractivity contribution in [2.75, 3.05) is 12.4 Å². The average molecular weight is 311 g/mol. The molecule has 1 unspecified atom stereocenters. The van der Waals surface area contributed by atoms with Crippen LogP contribution in [-0.2, 0) is 16.4 Å². The summed E-state index contributed by atoms with van der Waals surface area (Å²) in [6.45, 7) is 1.85. The maximum absolute atomic E-state index is 12.4. The van der Waals surface area contributed by atoms with Gasteiger partial charge in [-0.3, -0.25) is 0 Å². The Bertz CT molecular complexity index is 654. The van der Waals surface area contributed by atoms with Gasteiger partial charge in [-0.1, -0.05) is 0 Å². The molecule has 108 valence electrons. The highest BCUT2D eigenvalue weighted by atomic mass is 32.2. The number of nitrogens with one attached hydrogen (secondary N) is 2. The second-order valence-electron chi connectivity index (χ2n) is 4.46. The van der Waals surface area contributed by atoms with E-state index in [-0.39, 0.29) is 10.9 Å². The largest absolute Gasteiger partial charge is 0.372 e. The van der Waals surface area contributed by atoms with Gasteiger partial charge in [-0.05, 0) is 47.9 Å². The fraction of sp³-hybridized carbons (Fsp3) is 0.308. The molecule has 7 heteroatoms. The zero-order valence-corrected chi connectivity index (χ0v) is 13.0. The van der Waals surface area contributed by atoms with Crippen LogP contribution in [0.2, 0.25) is 0 Å². The van der Waals surface area contributed by atoms with Gasteiger partial charge in [0.2, 0.25) is 10.0 Å². The van der Waals surface area contributed by atoms with Crippen LogP contribution in [0.1, 0.15) is 12.5 Å². The molecule has 0 spiro atoms. The molecule has 2 N–H and O–H groups in total. The van der Waals surface area contributed by atoms with Crippen molar-refractivity contribution < 1.29 is 8.42 Å². The van der Waals surface area contributed by atoms with Crippen LogP contribution in [0.15, 0.2) is 40.1 Å². The van der Waals surface area contributed by atoms with Crippen molar-refractivity contribution in [2.45, 2.75) is 24.3 Å². The van der Waals surface area contributed by atoms with E-state index in [4.69, 9.17) is 0 Å². The Kier molecular flexibility index (Phi) is 4.74. The second kappa shape index (κ2) is 6.34. The van der Waals surface area contributed by atoms with Crippen LogP contribution in [0.3, 0.4) is 0 Å². The Hall–Kier alpha value is -1.44. The van der Waals surface area contributed by atoms with E-state index < -0.39 is 10.0 Å². The first-order valence-electron chi connectivity index (χ1n) is 6.19. The highest BCUT2D eigenvalue weighted by Gasteiger charge is 2.21. The predicted molar refractivity (Wildman–Crippen MR) is 81.6 cm³/mol. The zero-order chi connectivity index (χ0) is 14.6. The summed E-state index contributed by atoms with van der Waals surface area (Å²) in [4.78, 5) is 4.18. The second-order valence-corrected chi connectivity index (χ2v) is 6.92. The molecule has 5 nitrogen and oxygen atoms in total. The van der Waals surface area contributed by atoms with Gasteiger partial charge in [-0.15, -0.1) is 0 Å². The lowest BCUT2D eigenvalue weighted by Crippen LogP contribution is -2.34. The van der Waals surface area contributed by atoms with Crippen molar-refractivity contribution in [1.82, 2.24) is 9.71 Å². The van der Waals surface area contributed by atoms with Crippen LogP contribution in [0.4, 0.5) is 5.82 Å². The molecule has 20 heavy (non-hydrogen) atoms. The van der Waals surface area contributed by atoms with Crippen LogP contribution < -0.4 is 10.0 Å². The van der Waals surface area contributed by atoms with Crippen LogP contribution in [0.25, 0.3) is 0 Å². The van der Waals surface area contributed by atoms with E-state index in [2.05, 4.69) is 15.0 Å². The zero-order valence-electron chi connectivity index (χ0n) is 11.3. The van der Waals surface area contributed by atoms with Gasteiger partial charge >= 0.3 is 0 Å². The van der Waals surface area contributed by atoms with Crippen LogP contribution in [0.5, 0.6) is 0 Å². The van der Waals surface area contributed by atoms with Crippen LogP contribution >= 0.6 is 11.3 Å². The van der Waals surface area contributed by atoms with E-state index in [9.17, 15) is 8.42 Å². The van der Waals surface area contributed by atoms with Crippen LogP contribution in [-0.4, -0.2) is 26.5 Å². The highest BCUT2D eigenvalue weighted by Crippen LogP contribution is 2.18. The van der Waals surface area contributed by atoms with E-state index in [0.717, 1.165) is 5.56 Å². The molecule has 0 radical (unpaired) electrons. The van der Waals surface area contributed by atoms with Gasteiger partial charge in [-0.25, -0.2) is 18.1 Å². The Labute approximate surface area is 123 Å². The number of rotatable bonds is 6. The van der Waals surface area contributed by atoms with Crippen molar-refractivity contribution in [3.8, 4) is 0 Å². The van der Waals surface area contributed by atoms with Gasteiger partial charge in [0.15, 0.2) is 0 Å². The van der Waals surface area contributed by atoms with Crippen molar-refractivity contribution in [2.24, 2.45) is 0 Å².